The molecule has 0 radical (unpaired) electrons. The number of methoxy groups -OCH3 is 1. The Labute approximate surface area is 204 Å². The summed E-state index contributed by atoms with van der Waals surface area (Å²) in [7, 11) is -2.45. The van der Waals surface area contributed by atoms with Gasteiger partial charge in [-0.2, -0.15) is 0 Å². The zero-order valence-corrected chi connectivity index (χ0v) is 19.9. The molecule has 4 aromatic rings. The smallest absolute Gasteiger partial charge is 0.347 e. The highest BCUT2D eigenvalue weighted by Crippen LogP contribution is 2.34. The number of rotatable bonds is 6. The van der Waals surface area contributed by atoms with Crippen LogP contribution in [0.4, 0.5) is 5.69 Å². The Morgan fingerprint density at radius 3 is 2.26 bits per heavy atom. The monoisotopic (exact) mass is 485 g/mol. The van der Waals surface area contributed by atoms with Crippen LogP contribution in [0.15, 0.2) is 102 Å². The first-order chi connectivity index (χ1) is 17.0. The standard InChI is InChI=1S/C28H23NO5S/c1-33-27-16-15-24(35(31,32)29-18-17-22-9-5-6-10-26(22)29)19-25(27)28(30)34-23-13-11-21(12-14-23)20-7-3-2-4-8-20/h2-16,19H,17-18H2,1H3. The Morgan fingerprint density at radius 2 is 1.51 bits per heavy atom. The Balaban J connectivity index is 1.42. The highest BCUT2D eigenvalue weighted by Gasteiger charge is 2.31. The van der Waals surface area contributed by atoms with Gasteiger partial charge in [-0.15, -0.1) is 0 Å². The second kappa shape index (κ2) is 9.27. The second-order valence-corrected chi connectivity index (χ2v) is 9.96. The number of fused-ring (bicyclic) bond motifs is 1. The highest BCUT2D eigenvalue weighted by atomic mass is 32.2. The predicted octanol–water partition coefficient (Wildman–Crippen LogP) is 5.33. The third kappa shape index (κ3) is 4.38. The average Bonchev–Trinajstić information content (AvgIpc) is 3.34. The van der Waals surface area contributed by atoms with E-state index in [9.17, 15) is 13.2 Å². The number of carbonyl (C=O) groups excluding carboxylic acids is 1. The second-order valence-electron chi connectivity index (χ2n) is 8.10. The molecule has 0 aliphatic carbocycles. The number of nitrogens with zero attached hydrogens (tertiary/aromatic N) is 1. The van der Waals surface area contributed by atoms with Crippen molar-refractivity contribution in [3.8, 4) is 22.6 Å². The van der Waals surface area contributed by atoms with E-state index in [0.717, 1.165) is 16.7 Å². The number of carbonyl (C=O) groups is 1. The summed E-state index contributed by atoms with van der Waals surface area (Å²) in [5.41, 5.74) is 3.71. The van der Waals surface area contributed by atoms with Gasteiger partial charge in [0.1, 0.15) is 17.1 Å². The van der Waals surface area contributed by atoms with E-state index in [0.29, 0.717) is 24.4 Å². The van der Waals surface area contributed by atoms with Gasteiger partial charge in [-0.05, 0) is 59.5 Å². The zero-order valence-electron chi connectivity index (χ0n) is 19.0. The molecule has 7 heteroatoms. The van der Waals surface area contributed by atoms with Crippen LogP contribution in [-0.2, 0) is 16.4 Å². The third-order valence-electron chi connectivity index (χ3n) is 6.00. The summed E-state index contributed by atoms with van der Waals surface area (Å²) in [6.07, 6.45) is 0.638. The summed E-state index contributed by atoms with van der Waals surface area (Å²) in [4.78, 5) is 13.0. The minimum atomic E-state index is -3.87. The van der Waals surface area contributed by atoms with Gasteiger partial charge in [0.25, 0.3) is 10.0 Å². The van der Waals surface area contributed by atoms with Gasteiger partial charge >= 0.3 is 5.97 Å². The molecule has 35 heavy (non-hydrogen) atoms. The number of ether oxygens (including phenoxy) is 2. The predicted molar refractivity (Wildman–Crippen MR) is 135 cm³/mol. The number of sulfonamides is 1. The lowest BCUT2D eigenvalue weighted by Gasteiger charge is -2.20. The molecule has 0 aromatic heterocycles. The zero-order chi connectivity index (χ0) is 24.4. The van der Waals surface area contributed by atoms with E-state index in [1.807, 2.05) is 60.7 Å². The van der Waals surface area contributed by atoms with Crippen LogP contribution in [0, 0.1) is 0 Å². The van der Waals surface area contributed by atoms with Crippen LogP contribution in [0.25, 0.3) is 11.1 Å². The van der Waals surface area contributed by atoms with Crippen LogP contribution < -0.4 is 13.8 Å². The Hall–Kier alpha value is -4.10. The summed E-state index contributed by atoms with van der Waals surface area (Å²) in [5.74, 6) is -0.122. The van der Waals surface area contributed by atoms with E-state index in [2.05, 4.69) is 0 Å². The third-order valence-corrected chi connectivity index (χ3v) is 7.80. The lowest BCUT2D eigenvalue weighted by Crippen LogP contribution is -2.29. The van der Waals surface area contributed by atoms with Gasteiger partial charge in [0.05, 0.1) is 17.7 Å². The van der Waals surface area contributed by atoms with Crippen LogP contribution in [-0.4, -0.2) is 28.0 Å². The molecule has 176 valence electrons. The van der Waals surface area contributed by atoms with Crippen molar-refractivity contribution >= 4 is 21.7 Å². The van der Waals surface area contributed by atoms with Crippen molar-refractivity contribution in [3.63, 3.8) is 0 Å². The van der Waals surface area contributed by atoms with E-state index < -0.39 is 16.0 Å². The molecule has 6 nitrogen and oxygen atoms in total. The highest BCUT2D eigenvalue weighted by molar-refractivity contribution is 7.92. The van der Waals surface area contributed by atoms with Gasteiger partial charge in [-0.3, -0.25) is 4.31 Å². The fraction of sp³-hybridized carbons (Fsp3) is 0.107. The SMILES string of the molecule is COc1ccc(S(=O)(=O)N2CCc3ccccc32)cc1C(=O)Oc1ccc(-c2ccccc2)cc1. The number of hydrogen-bond acceptors (Lipinski definition) is 5. The van der Waals surface area contributed by atoms with Gasteiger partial charge in [0, 0.05) is 6.54 Å². The van der Waals surface area contributed by atoms with Crippen molar-refractivity contribution in [1.82, 2.24) is 0 Å². The molecular weight excluding hydrogens is 462 g/mol. The lowest BCUT2D eigenvalue weighted by molar-refractivity contribution is 0.0731. The van der Waals surface area contributed by atoms with Crippen molar-refractivity contribution in [2.75, 3.05) is 18.0 Å². The van der Waals surface area contributed by atoms with E-state index in [1.54, 1.807) is 18.2 Å². The first-order valence-electron chi connectivity index (χ1n) is 11.1. The van der Waals surface area contributed by atoms with E-state index in [1.165, 1.54) is 29.6 Å². The molecule has 0 unspecified atom stereocenters. The normalized spacial score (nSPS) is 12.8. The topological polar surface area (TPSA) is 72.9 Å². The molecule has 1 aliphatic rings. The van der Waals surface area contributed by atoms with Crippen LogP contribution >= 0.6 is 0 Å². The molecule has 0 N–H and O–H groups in total. The number of esters is 1. The first kappa shape index (κ1) is 22.7. The molecule has 0 saturated carbocycles. The summed E-state index contributed by atoms with van der Waals surface area (Å²) in [6.45, 7) is 0.348. The van der Waals surface area contributed by atoms with E-state index in [-0.39, 0.29) is 16.2 Å². The molecule has 1 aliphatic heterocycles. The van der Waals surface area contributed by atoms with E-state index in [4.69, 9.17) is 9.47 Å². The number of para-hydroxylation sites is 1. The molecule has 0 saturated heterocycles. The summed E-state index contributed by atoms with van der Waals surface area (Å²) in [5, 5.41) is 0. The van der Waals surface area contributed by atoms with Crippen molar-refractivity contribution < 1.29 is 22.7 Å². The van der Waals surface area contributed by atoms with Crippen LogP contribution in [0.1, 0.15) is 15.9 Å². The maximum absolute atomic E-state index is 13.4. The molecule has 5 rings (SSSR count). The molecular formula is C28H23NO5S. The lowest BCUT2D eigenvalue weighted by atomic mass is 10.1. The maximum atomic E-state index is 13.4. The molecule has 4 aromatic carbocycles. The van der Waals surface area contributed by atoms with Gasteiger partial charge in [0.2, 0.25) is 0 Å². The molecule has 0 amide bonds. The molecule has 0 atom stereocenters. The van der Waals surface area contributed by atoms with Crippen molar-refractivity contribution in [3.05, 3.63) is 108 Å². The fourth-order valence-electron chi connectivity index (χ4n) is 4.20. The van der Waals surface area contributed by atoms with Gasteiger partial charge < -0.3 is 9.47 Å². The number of anilines is 1. The largest absolute Gasteiger partial charge is 0.496 e. The average molecular weight is 486 g/mol. The van der Waals surface area contributed by atoms with Gasteiger partial charge in [-0.1, -0.05) is 60.7 Å². The minimum Gasteiger partial charge on any atom is -0.496 e. The summed E-state index contributed by atoms with van der Waals surface area (Å²) < 4.78 is 39.1. The van der Waals surface area contributed by atoms with Crippen molar-refractivity contribution in [2.24, 2.45) is 0 Å². The molecule has 0 bridgehead atoms. The van der Waals surface area contributed by atoms with Gasteiger partial charge in [0.15, 0.2) is 0 Å². The fourth-order valence-corrected chi connectivity index (χ4v) is 5.73. The van der Waals surface area contributed by atoms with E-state index >= 15 is 0 Å². The summed E-state index contributed by atoms with van der Waals surface area (Å²) >= 11 is 0. The van der Waals surface area contributed by atoms with Crippen LogP contribution in [0.3, 0.4) is 0 Å². The minimum absolute atomic E-state index is 0.00128. The van der Waals surface area contributed by atoms with Crippen molar-refractivity contribution in [1.29, 1.82) is 0 Å². The Morgan fingerprint density at radius 1 is 0.829 bits per heavy atom. The van der Waals surface area contributed by atoms with Crippen molar-refractivity contribution in [2.45, 2.75) is 11.3 Å². The molecule has 0 spiro atoms. The number of hydrogen-bond donors (Lipinski definition) is 0. The van der Waals surface area contributed by atoms with Crippen LogP contribution in [0.2, 0.25) is 0 Å². The number of benzene rings is 4. The maximum Gasteiger partial charge on any atom is 0.347 e. The quantitative estimate of drug-likeness (QED) is 0.273. The Kier molecular flexibility index (Phi) is 6.01. The van der Waals surface area contributed by atoms with Crippen LogP contribution in [0.5, 0.6) is 11.5 Å². The molecule has 0 fully saturated rings. The first-order valence-corrected chi connectivity index (χ1v) is 12.6. The Bertz CT molecular complexity index is 1480. The summed E-state index contributed by atoms with van der Waals surface area (Å²) in [6, 6.07) is 28.6. The molecule has 1 heterocycles. The van der Waals surface area contributed by atoms with Gasteiger partial charge in [-0.25, -0.2) is 13.2 Å².